The number of alkyl halides is 3. The minimum atomic E-state index is -2.88. The van der Waals surface area contributed by atoms with Crippen molar-refractivity contribution in [1.29, 1.82) is 0 Å². The van der Waals surface area contributed by atoms with Gasteiger partial charge < -0.3 is 4.74 Å². The molecule has 3 nitrogen and oxygen atoms in total. The molecule has 17 heavy (non-hydrogen) atoms. The quantitative estimate of drug-likeness (QED) is 0.478. The molecule has 0 saturated heterocycles. The number of hydrogen-bond acceptors (Lipinski definition) is 3. The molecule has 1 rings (SSSR count). The smallest absolute Gasteiger partial charge is 0.342 e. The second-order valence-corrected chi connectivity index (χ2v) is 3.28. The van der Waals surface area contributed by atoms with Gasteiger partial charge in [0.2, 0.25) is 5.95 Å². The minimum Gasteiger partial charge on any atom is -0.462 e. The van der Waals surface area contributed by atoms with Gasteiger partial charge in [0.05, 0.1) is 18.2 Å². The SMILES string of the molecule is CCOC(=O)c1cc(C(F)F)c(CCl)nc1F. The van der Waals surface area contributed by atoms with Crippen LogP contribution in [0.1, 0.15) is 35.0 Å². The summed E-state index contributed by atoms with van der Waals surface area (Å²) in [6, 6.07) is 0.725. The number of rotatable bonds is 4. The number of carbonyl (C=O) groups is 1. The molecular weight excluding hydrogens is 259 g/mol. The van der Waals surface area contributed by atoms with E-state index in [0.717, 1.165) is 6.07 Å². The fraction of sp³-hybridized carbons (Fsp3) is 0.400. The highest BCUT2D eigenvalue weighted by Gasteiger charge is 2.22. The molecule has 0 radical (unpaired) electrons. The Morgan fingerprint density at radius 2 is 2.24 bits per heavy atom. The van der Waals surface area contributed by atoms with Crippen molar-refractivity contribution in [2.24, 2.45) is 0 Å². The van der Waals surface area contributed by atoms with E-state index in [9.17, 15) is 18.0 Å². The number of aromatic nitrogens is 1. The van der Waals surface area contributed by atoms with Gasteiger partial charge in [0.1, 0.15) is 5.56 Å². The first-order valence-electron chi connectivity index (χ1n) is 4.71. The van der Waals surface area contributed by atoms with Gasteiger partial charge in [-0.3, -0.25) is 0 Å². The lowest BCUT2D eigenvalue weighted by Crippen LogP contribution is -2.11. The molecule has 0 aliphatic rings. The summed E-state index contributed by atoms with van der Waals surface area (Å²) in [6.45, 7) is 1.53. The van der Waals surface area contributed by atoms with Crippen LogP contribution in [-0.4, -0.2) is 17.6 Å². The largest absolute Gasteiger partial charge is 0.462 e. The Morgan fingerprint density at radius 1 is 1.59 bits per heavy atom. The molecule has 1 aromatic heterocycles. The number of ether oxygens (including phenoxy) is 1. The molecule has 0 aliphatic carbocycles. The Kier molecular flexibility index (Phi) is 4.74. The zero-order valence-electron chi connectivity index (χ0n) is 8.84. The van der Waals surface area contributed by atoms with Crippen LogP contribution < -0.4 is 0 Å². The Labute approximate surface area is 101 Å². The van der Waals surface area contributed by atoms with E-state index in [0.29, 0.717) is 0 Å². The highest BCUT2D eigenvalue weighted by atomic mass is 35.5. The van der Waals surface area contributed by atoms with Crippen LogP contribution in [0, 0.1) is 5.95 Å². The molecular formula is C10H9ClF3NO2. The summed E-state index contributed by atoms with van der Waals surface area (Å²) < 4.78 is 43.1. The third-order valence-electron chi connectivity index (χ3n) is 1.95. The zero-order valence-corrected chi connectivity index (χ0v) is 9.60. The molecule has 0 aliphatic heterocycles. The third kappa shape index (κ3) is 3.09. The number of nitrogens with zero attached hydrogens (tertiary/aromatic N) is 1. The highest BCUT2D eigenvalue weighted by Crippen LogP contribution is 2.25. The van der Waals surface area contributed by atoms with Crippen LogP contribution in [0.25, 0.3) is 0 Å². The molecule has 0 saturated carbocycles. The minimum absolute atomic E-state index is 0.0134. The van der Waals surface area contributed by atoms with Crippen molar-refractivity contribution >= 4 is 17.6 Å². The lowest BCUT2D eigenvalue weighted by Gasteiger charge is -2.09. The fourth-order valence-electron chi connectivity index (χ4n) is 1.19. The lowest BCUT2D eigenvalue weighted by molar-refractivity contribution is 0.0519. The predicted molar refractivity (Wildman–Crippen MR) is 54.7 cm³/mol. The van der Waals surface area contributed by atoms with Gasteiger partial charge in [0.25, 0.3) is 6.43 Å². The van der Waals surface area contributed by atoms with E-state index in [1.54, 1.807) is 0 Å². The second-order valence-electron chi connectivity index (χ2n) is 3.02. The molecule has 94 valence electrons. The normalized spacial score (nSPS) is 10.7. The summed E-state index contributed by atoms with van der Waals surface area (Å²) in [5.74, 6) is -2.55. The van der Waals surface area contributed by atoms with Crippen LogP contribution >= 0.6 is 11.6 Å². The average molecular weight is 268 g/mol. The monoisotopic (exact) mass is 267 g/mol. The van der Waals surface area contributed by atoms with Crippen LogP contribution in [-0.2, 0) is 10.6 Å². The topological polar surface area (TPSA) is 39.2 Å². The summed E-state index contributed by atoms with van der Waals surface area (Å²) in [5.41, 5.74) is -1.47. The van der Waals surface area contributed by atoms with Gasteiger partial charge in [0, 0.05) is 5.56 Å². The predicted octanol–water partition coefficient (Wildman–Crippen LogP) is 3.07. The molecule has 1 aromatic rings. The summed E-state index contributed by atoms with van der Waals surface area (Å²) in [4.78, 5) is 14.5. The Bertz CT molecular complexity index is 426. The molecule has 0 aromatic carbocycles. The highest BCUT2D eigenvalue weighted by molar-refractivity contribution is 6.17. The van der Waals surface area contributed by atoms with Crippen molar-refractivity contribution in [1.82, 2.24) is 4.98 Å². The molecule has 0 atom stereocenters. The first-order chi connectivity index (χ1) is 8.01. The maximum absolute atomic E-state index is 13.3. The first kappa shape index (κ1) is 13.8. The van der Waals surface area contributed by atoms with Gasteiger partial charge in [-0.1, -0.05) is 0 Å². The number of hydrogen-bond donors (Lipinski definition) is 0. The van der Waals surface area contributed by atoms with Gasteiger partial charge in [-0.05, 0) is 13.0 Å². The molecule has 0 amide bonds. The number of carbonyl (C=O) groups excluding carboxylic acids is 1. The van der Waals surface area contributed by atoms with E-state index in [4.69, 9.17) is 11.6 Å². The zero-order chi connectivity index (χ0) is 13.0. The first-order valence-corrected chi connectivity index (χ1v) is 5.25. The maximum Gasteiger partial charge on any atom is 0.342 e. The van der Waals surface area contributed by atoms with Gasteiger partial charge in [-0.25, -0.2) is 18.6 Å². The Hall–Kier alpha value is -1.30. The molecule has 7 heteroatoms. The fourth-order valence-corrected chi connectivity index (χ4v) is 1.40. The van der Waals surface area contributed by atoms with Crippen LogP contribution in [0.3, 0.4) is 0 Å². The van der Waals surface area contributed by atoms with Crippen LogP contribution in [0.4, 0.5) is 13.2 Å². The Balaban J connectivity index is 3.24. The van der Waals surface area contributed by atoms with Crippen LogP contribution in [0.15, 0.2) is 6.07 Å². The third-order valence-corrected chi connectivity index (χ3v) is 2.20. The van der Waals surface area contributed by atoms with Gasteiger partial charge >= 0.3 is 5.97 Å². The number of esters is 1. The van der Waals surface area contributed by atoms with Crippen molar-refractivity contribution in [2.75, 3.05) is 6.61 Å². The molecule has 0 N–H and O–H groups in total. The average Bonchev–Trinajstić information content (AvgIpc) is 2.28. The van der Waals surface area contributed by atoms with E-state index in [1.165, 1.54) is 6.92 Å². The standard InChI is InChI=1S/C10H9ClF3NO2/c1-2-17-10(16)6-3-5(8(12)13)7(4-11)15-9(6)14/h3,8H,2,4H2,1H3. The van der Waals surface area contributed by atoms with Crippen molar-refractivity contribution < 1.29 is 22.7 Å². The van der Waals surface area contributed by atoms with Crippen LogP contribution in [0.2, 0.25) is 0 Å². The molecule has 0 fully saturated rings. The van der Waals surface area contributed by atoms with E-state index >= 15 is 0 Å². The van der Waals surface area contributed by atoms with Crippen molar-refractivity contribution in [3.05, 3.63) is 28.8 Å². The lowest BCUT2D eigenvalue weighted by atomic mass is 10.1. The Morgan fingerprint density at radius 3 is 2.71 bits per heavy atom. The van der Waals surface area contributed by atoms with Crippen molar-refractivity contribution in [2.45, 2.75) is 19.2 Å². The van der Waals surface area contributed by atoms with Gasteiger partial charge in [0.15, 0.2) is 0 Å². The van der Waals surface area contributed by atoms with Crippen molar-refractivity contribution in [3.63, 3.8) is 0 Å². The summed E-state index contributed by atoms with van der Waals surface area (Å²) in [7, 11) is 0. The second kappa shape index (κ2) is 5.86. The number of pyridine rings is 1. The number of halogens is 4. The molecule has 0 unspecified atom stereocenters. The van der Waals surface area contributed by atoms with E-state index in [-0.39, 0.29) is 18.2 Å². The summed E-state index contributed by atoms with van der Waals surface area (Å²) in [6.07, 6.45) is -2.88. The molecule has 0 spiro atoms. The summed E-state index contributed by atoms with van der Waals surface area (Å²) in [5, 5.41) is 0. The molecule has 0 bridgehead atoms. The van der Waals surface area contributed by atoms with Gasteiger partial charge in [-0.2, -0.15) is 4.39 Å². The van der Waals surface area contributed by atoms with E-state index < -0.39 is 29.5 Å². The van der Waals surface area contributed by atoms with Gasteiger partial charge in [-0.15, -0.1) is 11.6 Å². The molecule has 1 heterocycles. The maximum atomic E-state index is 13.3. The van der Waals surface area contributed by atoms with E-state index in [2.05, 4.69) is 9.72 Å². The van der Waals surface area contributed by atoms with Crippen molar-refractivity contribution in [3.8, 4) is 0 Å². The van der Waals surface area contributed by atoms with Crippen LogP contribution in [0.5, 0.6) is 0 Å². The van der Waals surface area contributed by atoms with E-state index in [1.807, 2.05) is 0 Å². The summed E-state index contributed by atoms with van der Waals surface area (Å²) >= 11 is 5.36.